The number of allylic oxidation sites excluding steroid dienone is 2. The van der Waals surface area contributed by atoms with Gasteiger partial charge in [-0.3, -0.25) is 14.5 Å². The summed E-state index contributed by atoms with van der Waals surface area (Å²) in [5.41, 5.74) is 0.701. The minimum atomic E-state index is -0.615. The molecule has 7 rings (SSSR count). The first-order chi connectivity index (χ1) is 14.9. The third-order valence-electron chi connectivity index (χ3n) is 7.12. The second-order valence-corrected chi connectivity index (χ2v) is 9.52. The molecule has 0 spiro atoms. The molecule has 0 N–H and O–H groups in total. The van der Waals surface area contributed by atoms with Gasteiger partial charge in [-0.25, -0.2) is 4.79 Å². The summed E-state index contributed by atoms with van der Waals surface area (Å²) in [5, 5.41) is 0.624. The van der Waals surface area contributed by atoms with E-state index in [1.807, 2.05) is 0 Å². The van der Waals surface area contributed by atoms with Crippen LogP contribution in [0.5, 0.6) is 5.75 Å². The van der Waals surface area contributed by atoms with Crippen molar-refractivity contribution in [3.63, 3.8) is 0 Å². The van der Waals surface area contributed by atoms with Crippen LogP contribution < -0.4 is 9.64 Å². The lowest BCUT2D eigenvalue weighted by Crippen LogP contribution is -2.40. The highest BCUT2D eigenvalue weighted by Crippen LogP contribution is 2.65. The highest BCUT2D eigenvalue weighted by molar-refractivity contribution is 6.36. The summed E-state index contributed by atoms with van der Waals surface area (Å²) in [7, 11) is 0. The molecule has 0 radical (unpaired) electrons. The van der Waals surface area contributed by atoms with Crippen molar-refractivity contribution >= 4 is 46.7 Å². The topological polar surface area (TPSA) is 63.7 Å². The second kappa shape index (κ2) is 6.68. The molecule has 4 aliphatic carbocycles. The SMILES string of the molecule is O=C(Oc1ccc(N2C(=O)[C@@H]3[C@@H]4C=C[C@H]([C@H]5C[C@H]45)[C@@H]3C2=O)cc1)c1ccc(Cl)cc1Cl. The molecule has 2 saturated carbocycles. The van der Waals surface area contributed by atoms with Crippen molar-refractivity contribution in [3.8, 4) is 5.75 Å². The molecule has 0 aromatic heterocycles. The Balaban J connectivity index is 1.22. The fourth-order valence-corrected chi connectivity index (χ4v) is 6.18. The number of carbonyl (C=O) groups excluding carboxylic acids is 3. The lowest BCUT2D eigenvalue weighted by atomic mass is 9.63. The number of amides is 2. The van der Waals surface area contributed by atoms with Crippen molar-refractivity contribution < 1.29 is 19.1 Å². The molecule has 1 aliphatic heterocycles. The van der Waals surface area contributed by atoms with E-state index in [9.17, 15) is 14.4 Å². The first-order valence-electron chi connectivity index (χ1n) is 10.3. The quantitative estimate of drug-likeness (QED) is 0.290. The average Bonchev–Trinajstić information content (AvgIpc) is 3.52. The van der Waals surface area contributed by atoms with Crippen LogP contribution in [0.25, 0.3) is 0 Å². The van der Waals surface area contributed by atoms with E-state index in [4.69, 9.17) is 27.9 Å². The highest BCUT2D eigenvalue weighted by Gasteiger charge is 2.67. The van der Waals surface area contributed by atoms with Crippen LogP contribution in [0.1, 0.15) is 16.8 Å². The molecule has 5 aliphatic rings. The number of imide groups is 1. The summed E-state index contributed by atoms with van der Waals surface area (Å²) >= 11 is 11.9. The smallest absolute Gasteiger partial charge is 0.345 e. The van der Waals surface area contributed by atoms with E-state index in [1.54, 1.807) is 30.3 Å². The number of benzene rings is 2. The molecule has 2 aromatic carbocycles. The Labute approximate surface area is 188 Å². The highest BCUT2D eigenvalue weighted by atomic mass is 35.5. The van der Waals surface area contributed by atoms with E-state index < -0.39 is 5.97 Å². The van der Waals surface area contributed by atoms with Gasteiger partial charge in [-0.05, 0) is 72.6 Å². The van der Waals surface area contributed by atoms with Gasteiger partial charge in [0.2, 0.25) is 11.8 Å². The van der Waals surface area contributed by atoms with Gasteiger partial charge in [0.05, 0.1) is 28.1 Å². The van der Waals surface area contributed by atoms with Gasteiger partial charge in [-0.2, -0.15) is 0 Å². The molecule has 156 valence electrons. The number of nitrogens with zero attached hydrogens (tertiary/aromatic N) is 1. The zero-order chi connectivity index (χ0) is 21.4. The first-order valence-corrected chi connectivity index (χ1v) is 11.0. The van der Waals surface area contributed by atoms with Crippen LogP contribution in [-0.4, -0.2) is 17.8 Å². The van der Waals surface area contributed by atoms with Crippen LogP contribution in [-0.2, 0) is 9.59 Å². The number of ether oxygens (including phenoxy) is 1. The number of rotatable bonds is 3. The molecule has 31 heavy (non-hydrogen) atoms. The fourth-order valence-electron chi connectivity index (χ4n) is 5.69. The summed E-state index contributed by atoms with van der Waals surface area (Å²) in [6, 6.07) is 10.9. The van der Waals surface area contributed by atoms with Gasteiger partial charge >= 0.3 is 5.97 Å². The maximum atomic E-state index is 13.2. The van der Waals surface area contributed by atoms with Gasteiger partial charge in [0, 0.05) is 5.02 Å². The third-order valence-corrected chi connectivity index (χ3v) is 7.67. The largest absolute Gasteiger partial charge is 0.423 e. The zero-order valence-corrected chi connectivity index (χ0v) is 17.7. The molecule has 7 heteroatoms. The molecule has 5 nitrogen and oxygen atoms in total. The molecule has 2 bridgehead atoms. The fraction of sp³-hybridized carbons (Fsp3) is 0.292. The molecular formula is C24H17Cl2NO4. The number of esters is 1. The molecule has 1 saturated heterocycles. The Morgan fingerprint density at radius 1 is 0.903 bits per heavy atom. The molecule has 0 unspecified atom stereocenters. The summed E-state index contributed by atoms with van der Waals surface area (Å²) in [6.07, 6.45) is 5.44. The van der Waals surface area contributed by atoms with E-state index in [-0.39, 0.29) is 46.1 Å². The van der Waals surface area contributed by atoms with E-state index in [2.05, 4.69) is 12.2 Å². The lowest BCUT2D eigenvalue weighted by molar-refractivity contribution is -0.124. The van der Waals surface area contributed by atoms with Crippen molar-refractivity contribution in [1.29, 1.82) is 0 Å². The Hall–Kier alpha value is -2.63. The van der Waals surface area contributed by atoms with Crippen LogP contribution in [0.4, 0.5) is 5.69 Å². The molecular weight excluding hydrogens is 437 g/mol. The van der Waals surface area contributed by atoms with E-state index in [1.165, 1.54) is 17.0 Å². The van der Waals surface area contributed by atoms with Crippen molar-refractivity contribution in [1.82, 2.24) is 0 Å². The van der Waals surface area contributed by atoms with Crippen molar-refractivity contribution in [2.45, 2.75) is 6.42 Å². The average molecular weight is 454 g/mol. The number of halogens is 2. The van der Waals surface area contributed by atoms with Crippen LogP contribution in [0.3, 0.4) is 0 Å². The van der Waals surface area contributed by atoms with Crippen molar-refractivity contribution in [2.75, 3.05) is 4.90 Å². The molecule has 6 atom stereocenters. The zero-order valence-electron chi connectivity index (χ0n) is 16.2. The van der Waals surface area contributed by atoms with Crippen LogP contribution >= 0.6 is 23.2 Å². The van der Waals surface area contributed by atoms with Gasteiger partial charge in [-0.15, -0.1) is 0 Å². The van der Waals surface area contributed by atoms with E-state index in [0.29, 0.717) is 28.3 Å². The Morgan fingerprint density at radius 3 is 2.10 bits per heavy atom. The van der Waals surface area contributed by atoms with Gasteiger partial charge < -0.3 is 4.74 Å². The molecule has 2 amide bonds. The maximum Gasteiger partial charge on any atom is 0.345 e. The van der Waals surface area contributed by atoms with Gasteiger partial charge in [-0.1, -0.05) is 35.4 Å². The van der Waals surface area contributed by atoms with E-state index >= 15 is 0 Å². The van der Waals surface area contributed by atoms with Gasteiger partial charge in [0.15, 0.2) is 0 Å². The van der Waals surface area contributed by atoms with Crippen molar-refractivity contribution in [3.05, 3.63) is 70.2 Å². The Morgan fingerprint density at radius 2 is 1.52 bits per heavy atom. The number of carbonyl (C=O) groups is 3. The van der Waals surface area contributed by atoms with Crippen LogP contribution in [0, 0.1) is 35.5 Å². The maximum absolute atomic E-state index is 13.2. The normalized spacial score (nSPS) is 32.1. The number of hydrogen-bond donors (Lipinski definition) is 0. The molecule has 1 heterocycles. The Bertz CT molecular complexity index is 1140. The monoisotopic (exact) mass is 453 g/mol. The predicted molar refractivity (Wildman–Crippen MR) is 115 cm³/mol. The summed E-state index contributed by atoms with van der Waals surface area (Å²) in [5.74, 6) is 0.469. The summed E-state index contributed by atoms with van der Waals surface area (Å²) in [4.78, 5) is 40.1. The molecule has 2 aromatic rings. The number of hydrogen-bond acceptors (Lipinski definition) is 4. The van der Waals surface area contributed by atoms with Crippen LogP contribution in [0.2, 0.25) is 10.0 Å². The third kappa shape index (κ3) is 2.80. The van der Waals surface area contributed by atoms with Gasteiger partial charge in [0.25, 0.3) is 0 Å². The Kier molecular flexibility index (Phi) is 4.11. The predicted octanol–water partition coefficient (Wildman–Crippen LogP) is 4.77. The van der Waals surface area contributed by atoms with Gasteiger partial charge in [0.1, 0.15) is 5.75 Å². The lowest BCUT2D eigenvalue weighted by Gasteiger charge is -2.37. The standard InChI is InChI=1S/C24H17Cl2NO4/c25-11-1-6-16(19(26)9-11)24(30)31-13-4-2-12(3-5-13)27-22(28)20-14-7-8-15(18-10-17(14)18)21(20)23(27)29/h1-9,14-15,17-18,20-21H,10H2/t14-,15-,17-,18-,20-,21+/m1/s1. The number of anilines is 1. The molecule has 3 fully saturated rings. The van der Waals surface area contributed by atoms with E-state index in [0.717, 1.165) is 6.42 Å². The summed E-state index contributed by atoms with van der Waals surface area (Å²) < 4.78 is 5.39. The summed E-state index contributed by atoms with van der Waals surface area (Å²) in [6.45, 7) is 0. The van der Waals surface area contributed by atoms with Crippen LogP contribution in [0.15, 0.2) is 54.6 Å². The van der Waals surface area contributed by atoms with Crippen molar-refractivity contribution in [2.24, 2.45) is 35.5 Å². The minimum Gasteiger partial charge on any atom is -0.423 e. The first kappa shape index (κ1) is 19.1. The second-order valence-electron chi connectivity index (χ2n) is 8.67. The minimum absolute atomic E-state index is 0.114.